The molecule has 0 spiro atoms. The summed E-state index contributed by atoms with van der Waals surface area (Å²) < 4.78 is 0. The number of hydrogen-bond donors (Lipinski definition) is 1. The zero-order valence-corrected chi connectivity index (χ0v) is 11.4. The Kier molecular flexibility index (Phi) is 5.54. The van der Waals surface area contributed by atoms with Crippen LogP contribution in [0, 0.1) is 11.3 Å². The molecular formula is C15H29N. The van der Waals surface area contributed by atoms with Gasteiger partial charge in [-0.15, -0.1) is 6.58 Å². The van der Waals surface area contributed by atoms with E-state index in [1.165, 1.54) is 32.1 Å². The van der Waals surface area contributed by atoms with Gasteiger partial charge in [0, 0.05) is 6.04 Å². The van der Waals surface area contributed by atoms with Crippen molar-refractivity contribution in [3.63, 3.8) is 0 Å². The van der Waals surface area contributed by atoms with Crippen LogP contribution in [0.15, 0.2) is 12.7 Å². The number of hydrogen-bond acceptors (Lipinski definition) is 1. The summed E-state index contributed by atoms with van der Waals surface area (Å²) in [5.41, 5.74) is 0.548. The summed E-state index contributed by atoms with van der Waals surface area (Å²) in [4.78, 5) is 0. The van der Waals surface area contributed by atoms with Crippen molar-refractivity contribution in [1.82, 2.24) is 5.32 Å². The van der Waals surface area contributed by atoms with Gasteiger partial charge in [0.25, 0.3) is 0 Å². The second kappa shape index (κ2) is 6.44. The van der Waals surface area contributed by atoms with Gasteiger partial charge in [0.1, 0.15) is 0 Å². The molecule has 1 aliphatic carbocycles. The van der Waals surface area contributed by atoms with Crippen molar-refractivity contribution < 1.29 is 0 Å². The molecular weight excluding hydrogens is 194 g/mol. The fraction of sp³-hybridized carbons (Fsp3) is 0.867. The van der Waals surface area contributed by atoms with Crippen molar-refractivity contribution in [1.29, 1.82) is 0 Å². The largest absolute Gasteiger partial charge is 0.314 e. The Morgan fingerprint density at radius 3 is 2.38 bits per heavy atom. The molecule has 94 valence electrons. The van der Waals surface area contributed by atoms with Crippen LogP contribution in [-0.2, 0) is 0 Å². The molecule has 1 nitrogen and oxygen atoms in total. The smallest absolute Gasteiger partial charge is 0.00673 e. The summed E-state index contributed by atoms with van der Waals surface area (Å²) in [6.45, 7) is 12.1. The van der Waals surface area contributed by atoms with Gasteiger partial charge in [-0.3, -0.25) is 0 Å². The van der Waals surface area contributed by atoms with Crippen LogP contribution >= 0.6 is 0 Å². The van der Waals surface area contributed by atoms with E-state index >= 15 is 0 Å². The Morgan fingerprint density at radius 1 is 1.25 bits per heavy atom. The van der Waals surface area contributed by atoms with Crippen LogP contribution in [0.2, 0.25) is 0 Å². The van der Waals surface area contributed by atoms with Gasteiger partial charge in [-0.2, -0.15) is 0 Å². The maximum Gasteiger partial charge on any atom is 0.00673 e. The van der Waals surface area contributed by atoms with Crippen molar-refractivity contribution in [3.8, 4) is 0 Å². The lowest BCUT2D eigenvalue weighted by molar-refractivity contribution is 0.137. The first-order valence-electron chi connectivity index (χ1n) is 6.94. The summed E-state index contributed by atoms with van der Waals surface area (Å²) >= 11 is 0. The molecule has 1 aliphatic rings. The molecule has 1 saturated carbocycles. The molecule has 0 atom stereocenters. The second-order valence-electron chi connectivity index (χ2n) is 5.92. The lowest BCUT2D eigenvalue weighted by Gasteiger charge is -2.39. The fourth-order valence-corrected chi connectivity index (χ4v) is 2.76. The molecule has 16 heavy (non-hydrogen) atoms. The molecule has 0 saturated heterocycles. The van der Waals surface area contributed by atoms with Gasteiger partial charge in [0.05, 0.1) is 0 Å². The first kappa shape index (κ1) is 13.8. The highest BCUT2D eigenvalue weighted by molar-refractivity contribution is 4.85. The zero-order valence-electron chi connectivity index (χ0n) is 11.4. The average Bonchev–Trinajstić information content (AvgIpc) is 2.30. The Bertz CT molecular complexity index is 199. The third-order valence-electron chi connectivity index (χ3n) is 4.53. The van der Waals surface area contributed by atoms with Crippen molar-refractivity contribution >= 4 is 0 Å². The minimum atomic E-state index is 0.548. The molecule has 0 amide bonds. The fourth-order valence-electron chi connectivity index (χ4n) is 2.76. The van der Waals surface area contributed by atoms with Crippen LogP contribution in [0.1, 0.15) is 59.3 Å². The molecule has 0 bridgehead atoms. The van der Waals surface area contributed by atoms with Gasteiger partial charge >= 0.3 is 0 Å². The highest BCUT2D eigenvalue weighted by Crippen LogP contribution is 2.40. The van der Waals surface area contributed by atoms with E-state index in [9.17, 15) is 0 Å². The van der Waals surface area contributed by atoms with Crippen LogP contribution < -0.4 is 5.32 Å². The van der Waals surface area contributed by atoms with Gasteiger partial charge in [0.2, 0.25) is 0 Å². The topological polar surface area (TPSA) is 12.0 Å². The molecule has 0 aliphatic heterocycles. The summed E-state index contributed by atoms with van der Waals surface area (Å²) in [7, 11) is 0. The van der Waals surface area contributed by atoms with E-state index in [1.54, 1.807) is 0 Å². The standard InChI is InChI=1S/C15H29N/c1-5-7-12-16-14-10-8-13(9-11-14)15(3,4)6-2/h5,13-14,16H,1,6-12H2,2-4H3. The minimum Gasteiger partial charge on any atom is -0.314 e. The van der Waals surface area contributed by atoms with Crippen LogP contribution in [0.4, 0.5) is 0 Å². The van der Waals surface area contributed by atoms with Crippen molar-refractivity contribution in [2.75, 3.05) is 6.54 Å². The molecule has 0 radical (unpaired) electrons. The molecule has 1 rings (SSSR count). The Balaban J connectivity index is 2.25. The van der Waals surface area contributed by atoms with E-state index in [1.807, 2.05) is 6.08 Å². The quantitative estimate of drug-likeness (QED) is 0.527. The van der Waals surface area contributed by atoms with E-state index < -0.39 is 0 Å². The average molecular weight is 223 g/mol. The summed E-state index contributed by atoms with van der Waals surface area (Å²) in [6, 6.07) is 0.767. The molecule has 1 fully saturated rings. The summed E-state index contributed by atoms with van der Waals surface area (Å²) in [6.07, 6.45) is 9.96. The number of rotatable bonds is 6. The Hall–Kier alpha value is -0.300. The second-order valence-corrected chi connectivity index (χ2v) is 5.92. The molecule has 1 heteroatoms. The van der Waals surface area contributed by atoms with Crippen LogP contribution in [0.25, 0.3) is 0 Å². The molecule has 0 unspecified atom stereocenters. The van der Waals surface area contributed by atoms with Gasteiger partial charge < -0.3 is 5.32 Å². The van der Waals surface area contributed by atoms with Crippen molar-refractivity contribution in [2.45, 2.75) is 65.3 Å². The first-order valence-corrected chi connectivity index (χ1v) is 6.94. The molecule has 0 aromatic carbocycles. The van der Waals surface area contributed by atoms with Gasteiger partial charge in [-0.1, -0.05) is 33.3 Å². The van der Waals surface area contributed by atoms with Gasteiger partial charge in [-0.05, 0) is 50.0 Å². The third kappa shape index (κ3) is 3.93. The molecule has 0 aromatic rings. The Labute approximate surface area is 102 Å². The van der Waals surface area contributed by atoms with Crippen LogP contribution in [0.3, 0.4) is 0 Å². The first-order chi connectivity index (χ1) is 7.60. The molecule has 0 heterocycles. The van der Waals surface area contributed by atoms with E-state index in [-0.39, 0.29) is 0 Å². The van der Waals surface area contributed by atoms with Crippen molar-refractivity contribution in [3.05, 3.63) is 12.7 Å². The number of nitrogens with one attached hydrogen (secondary N) is 1. The molecule has 0 aromatic heterocycles. The maximum absolute atomic E-state index is 3.76. The third-order valence-corrected chi connectivity index (χ3v) is 4.53. The highest BCUT2D eigenvalue weighted by atomic mass is 14.9. The predicted molar refractivity (Wildman–Crippen MR) is 72.6 cm³/mol. The van der Waals surface area contributed by atoms with E-state index in [0.717, 1.165) is 24.9 Å². The normalized spacial score (nSPS) is 26.7. The van der Waals surface area contributed by atoms with E-state index in [0.29, 0.717) is 5.41 Å². The van der Waals surface area contributed by atoms with Crippen LogP contribution in [0.5, 0.6) is 0 Å². The zero-order chi connectivity index (χ0) is 12.0. The Morgan fingerprint density at radius 2 is 1.88 bits per heavy atom. The van der Waals surface area contributed by atoms with Crippen LogP contribution in [-0.4, -0.2) is 12.6 Å². The van der Waals surface area contributed by atoms with Crippen molar-refractivity contribution in [2.24, 2.45) is 11.3 Å². The summed E-state index contributed by atoms with van der Waals surface area (Å²) in [5, 5.41) is 3.64. The van der Waals surface area contributed by atoms with Gasteiger partial charge in [-0.25, -0.2) is 0 Å². The van der Waals surface area contributed by atoms with E-state index in [2.05, 4.69) is 32.7 Å². The summed E-state index contributed by atoms with van der Waals surface area (Å²) in [5.74, 6) is 0.940. The SMILES string of the molecule is C=CCCNC1CCC(C(C)(C)CC)CC1. The monoisotopic (exact) mass is 223 g/mol. The molecule has 1 N–H and O–H groups in total. The lowest BCUT2D eigenvalue weighted by Crippen LogP contribution is -2.37. The van der Waals surface area contributed by atoms with E-state index in [4.69, 9.17) is 0 Å². The van der Waals surface area contributed by atoms with Gasteiger partial charge in [0.15, 0.2) is 0 Å². The maximum atomic E-state index is 3.76. The minimum absolute atomic E-state index is 0.548. The predicted octanol–water partition coefficient (Wildman–Crippen LogP) is 4.15. The lowest BCUT2D eigenvalue weighted by atomic mass is 9.69. The highest BCUT2D eigenvalue weighted by Gasteiger charge is 2.31.